The van der Waals surface area contributed by atoms with Crippen LogP contribution in [-0.4, -0.2) is 15.5 Å². The smallest absolute Gasteiger partial charge is 0.417 e. The SMILES string of the molecule is COc1ccc(S(=O)(=O)Nc2ccc(Cl)c(C(F)(F)F)c2)cc1. The van der Waals surface area contributed by atoms with Crippen molar-refractivity contribution in [1.82, 2.24) is 0 Å². The molecule has 0 saturated heterocycles. The monoisotopic (exact) mass is 365 g/mol. The lowest BCUT2D eigenvalue weighted by molar-refractivity contribution is -0.137. The number of nitrogens with one attached hydrogen (secondary N) is 1. The van der Waals surface area contributed by atoms with Gasteiger partial charge in [0.1, 0.15) is 5.75 Å². The molecule has 0 radical (unpaired) electrons. The minimum absolute atomic E-state index is 0.109. The van der Waals surface area contributed by atoms with Crippen molar-refractivity contribution in [2.75, 3.05) is 11.8 Å². The molecular formula is C14H11ClF3NO3S. The Labute approximate surface area is 135 Å². The molecule has 124 valence electrons. The molecule has 0 amide bonds. The number of anilines is 1. The van der Waals surface area contributed by atoms with Crippen molar-refractivity contribution in [3.05, 3.63) is 53.1 Å². The molecule has 0 aromatic heterocycles. The van der Waals surface area contributed by atoms with Gasteiger partial charge in [0.15, 0.2) is 0 Å². The third-order valence-electron chi connectivity index (χ3n) is 2.89. The standard InChI is InChI=1S/C14H11ClF3NO3S/c1-22-10-3-5-11(6-4-10)23(20,21)19-9-2-7-13(15)12(8-9)14(16,17)18/h2-8,19H,1H3. The van der Waals surface area contributed by atoms with Crippen LogP contribution in [0.4, 0.5) is 18.9 Å². The number of benzene rings is 2. The fourth-order valence-corrected chi connectivity index (χ4v) is 3.05. The molecule has 0 aliphatic rings. The third kappa shape index (κ3) is 4.08. The molecular weight excluding hydrogens is 355 g/mol. The predicted molar refractivity (Wildman–Crippen MR) is 80.3 cm³/mol. The summed E-state index contributed by atoms with van der Waals surface area (Å²) in [4.78, 5) is -0.109. The first kappa shape index (κ1) is 17.4. The van der Waals surface area contributed by atoms with Gasteiger partial charge < -0.3 is 4.74 Å². The molecule has 0 unspecified atom stereocenters. The quantitative estimate of drug-likeness (QED) is 0.884. The Bertz CT molecular complexity index is 805. The summed E-state index contributed by atoms with van der Waals surface area (Å²) in [5.74, 6) is 0.454. The number of hydrogen-bond donors (Lipinski definition) is 1. The maximum Gasteiger partial charge on any atom is 0.417 e. The first-order chi connectivity index (χ1) is 10.6. The van der Waals surface area contributed by atoms with Crippen molar-refractivity contribution in [3.8, 4) is 5.75 Å². The van der Waals surface area contributed by atoms with E-state index in [-0.39, 0.29) is 10.6 Å². The molecule has 23 heavy (non-hydrogen) atoms. The molecule has 0 aliphatic heterocycles. The maximum atomic E-state index is 12.8. The average Bonchev–Trinajstić information content (AvgIpc) is 2.48. The van der Waals surface area contributed by atoms with Crippen LogP contribution < -0.4 is 9.46 Å². The molecule has 0 spiro atoms. The molecule has 0 heterocycles. The average molecular weight is 366 g/mol. The van der Waals surface area contributed by atoms with E-state index in [2.05, 4.69) is 4.72 Å². The van der Waals surface area contributed by atoms with E-state index in [4.69, 9.17) is 16.3 Å². The van der Waals surface area contributed by atoms with Gasteiger partial charge in [0.25, 0.3) is 10.0 Å². The molecule has 0 fully saturated rings. The number of halogens is 4. The highest BCUT2D eigenvalue weighted by atomic mass is 35.5. The van der Waals surface area contributed by atoms with Crippen LogP contribution in [0.3, 0.4) is 0 Å². The predicted octanol–water partition coefficient (Wildman–Crippen LogP) is 4.17. The molecule has 9 heteroatoms. The lowest BCUT2D eigenvalue weighted by atomic mass is 10.2. The van der Waals surface area contributed by atoms with Crippen LogP contribution in [0, 0.1) is 0 Å². The van der Waals surface area contributed by atoms with Crippen molar-refractivity contribution in [3.63, 3.8) is 0 Å². The largest absolute Gasteiger partial charge is 0.497 e. The third-order valence-corrected chi connectivity index (χ3v) is 4.62. The zero-order valence-corrected chi connectivity index (χ0v) is 13.3. The second-order valence-corrected chi connectivity index (χ2v) is 6.56. The lowest BCUT2D eigenvalue weighted by Gasteiger charge is -2.13. The van der Waals surface area contributed by atoms with Crippen LogP contribution in [0.5, 0.6) is 5.75 Å². The van der Waals surface area contributed by atoms with Crippen molar-refractivity contribution < 1.29 is 26.3 Å². The summed E-state index contributed by atoms with van der Waals surface area (Å²) in [5, 5.41) is -0.509. The molecule has 0 bridgehead atoms. The number of hydrogen-bond acceptors (Lipinski definition) is 3. The topological polar surface area (TPSA) is 55.4 Å². The zero-order valence-electron chi connectivity index (χ0n) is 11.7. The van der Waals surface area contributed by atoms with Crippen LogP contribution in [0.1, 0.15) is 5.56 Å². The van der Waals surface area contributed by atoms with Crippen molar-refractivity contribution in [2.45, 2.75) is 11.1 Å². The highest BCUT2D eigenvalue weighted by Crippen LogP contribution is 2.36. The summed E-state index contributed by atoms with van der Waals surface area (Å²) in [5.41, 5.74) is -1.35. The fourth-order valence-electron chi connectivity index (χ4n) is 1.77. The van der Waals surface area contributed by atoms with Gasteiger partial charge in [-0.25, -0.2) is 8.42 Å². The van der Waals surface area contributed by atoms with Gasteiger partial charge in [0, 0.05) is 5.69 Å². The zero-order chi connectivity index (χ0) is 17.3. The van der Waals surface area contributed by atoms with Gasteiger partial charge in [-0.1, -0.05) is 11.6 Å². The lowest BCUT2D eigenvalue weighted by Crippen LogP contribution is -2.14. The summed E-state index contributed by atoms with van der Waals surface area (Å²) in [6.45, 7) is 0. The van der Waals surface area contributed by atoms with Gasteiger partial charge in [-0.3, -0.25) is 4.72 Å². The maximum absolute atomic E-state index is 12.8. The van der Waals surface area contributed by atoms with E-state index in [1.165, 1.54) is 31.4 Å². The van der Waals surface area contributed by atoms with Gasteiger partial charge in [0.2, 0.25) is 0 Å². The van der Waals surface area contributed by atoms with Crippen LogP contribution in [0.25, 0.3) is 0 Å². The van der Waals surface area contributed by atoms with Crippen LogP contribution >= 0.6 is 11.6 Å². The van der Waals surface area contributed by atoms with E-state index >= 15 is 0 Å². The minimum atomic E-state index is -4.68. The van der Waals surface area contributed by atoms with E-state index in [1.807, 2.05) is 0 Å². The molecule has 2 rings (SSSR count). The second-order valence-electron chi connectivity index (χ2n) is 4.47. The number of rotatable bonds is 4. The van der Waals surface area contributed by atoms with Crippen LogP contribution in [0.2, 0.25) is 5.02 Å². The number of ether oxygens (including phenoxy) is 1. The second kappa shape index (κ2) is 6.29. The Morgan fingerprint density at radius 1 is 1.09 bits per heavy atom. The summed E-state index contributed by atoms with van der Waals surface area (Å²) in [6.07, 6.45) is -4.68. The minimum Gasteiger partial charge on any atom is -0.497 e. The fraction of sp³-hybridized carbons (Fsp3) is 0.143. The highest BCUT2D eigenvalue weighted by molar-refractivity contribution is 7.92. The normalized spacial score (nSPS) is 12.0. The molecule has 1 N–H and O–H groups in total. The molecule has 2 aromatic rings. The molecule has 2 aromatic carbocycles. The Morgan fingerprint density at radius 2 is 1.70 bits per heavy atom. The summed E-state index contributed by atoms with van der Waals surface area (Å²) < 4.78 is 69.7. The Balaban J connectivity index is 2.33. The highest BCUT2D eigenvalue weighted by Gasteiger charge is 2.33. The van der Waals surface area contributed by atoms with Crippen molar-refractivity contribution in [2.24, 2.45) is 0 Å². The van der Waals surface area contributed by atoms with Crippen LogP contribution in [0.15, 0.2) is 47.4 Å². The number of methoxy groups -OCH3 is 1. The summed E-state index contributed by atoms with van der Waals surface area (Å²) in [7, 11) is -2.60. The Hall–Kier alpha value is -1.93. The van der Waals surface area contributed by atoms with Crippen molar-refractivity contribution in [1.29, 1.82) is 0 Å². The van der Waals surface area contributed by atoms with Gasteiger partial charge in [-0.2, -0.15) is 13.2 Å². The van der Waals surface area contributed by atoms with Gasteiger partial charge in [-0.05, 0) is 42.5 Å². The molecule has 0 saturated carbocycles. The Kier molecular flexibility index (Phi) is 4.76. The Morgan fingerprint density at radius 3 is 2.22 bits per heavy atom. The summed E-state index contributed by atoms with van der Waals surface area (Å²) in [6, 6.07) is 8.19. The van der Waals surface area contributed by atoms with Gasteiger partial charge in [0.05, 0.1) is 22.6 Å². The van der Waals surface area contributed by atoms with E-state index < -0.39 is 26.8 Å². The molecule has 0 aliphatic carbocycles. The van der Waals surface area contributed by atoms with Gasteiger partial charge in [-0.15, -0.1) is 0 Å². The molecule has 0 atom stereocenters. The molecule has 4 nitrogen and oxygen atoms in total. The van der Waals surface area contributed by atoms with Gasteiger partial charge >= 0.3 is 6.18 Å². The van der Waals surface area contributed by atoms with Crippen LogP contribution in [-0.2, 0) is 16.2 Å². The van der Waals surface area contributed by atoms with E-state index in [1.54, 1.807) is 0 Å². The van der Waals surface area contributed by atoms with Crippen molar-refractivity contribution >= 4 is 27.3 Å². The van der Waals surface area contributed by atoms with E-state index in [0.29, 0.717) is 11.8 Å². The van der Waals surface area contributed by atoms with E-state index in [0.717, 1.165) is 12.1 Å². The number of sulfonamides is 1. The number of alkyl halides is 3. The first-order valence-electron chi connectivity index (χ1n) is 6.17. The summed E-state index contributed by atoms with van der Waals surface area (Å²) >= 11 is 5.49. The first-order valence-corrected chi connectivity index (χ1v) is 8.03. The van der Waals surface area contributed by atoms with E-state index in [9.17, 15) is 21.6 Å².